The van der Waals surface area contributed by atoms with Gasteiger partial charge in [0.15, 0.2) is 0 Å². The summed E-state index contributed by atoms with van der Waals surface area (Å²) in [5, 5.41) is 4.90. The molecule has 0 aliphatic heterocycles. The predicted octanol–water partition coefficient (Wildman–Crippen LogP) is 3.45. The number of hydrogen-bond donors (Lipinski definition) is 1. The maximum Gasteiger partial charge on any atom is 0.573 e. The zero-order valence-corrected chi connectivity index (χ0v) is 14.2. The molecule has 3 rings (SSSR count). The zero-order valence-electron chi connectivity index (χ0n) is 14.2. The number of fused-ring (bicyclic) bond motifs is 1. The van der Waals surface area contributed by atoms with Crippen LogP contribution in [0.3, 0.4) is 0 Å². The van der Waals surface area contributed by atoms with E-state index in [-0.39, 0.29) is 17.9 Å². The highest BCUT2D eigenvalue weighted by atomic mass is 19.4. The highest BCUT2D eigenvalue weighted by Crippen LogP contribution is 2.26. The van der Waals surface area contributed by atoms with Gasteiger partial charge < -0.3 is 10.5 Å². The van der Waals surface area contributed by atoms with E-state index in [1.165, 1.54) is 22.9 Å². The Morgan fingerprint density at radius 3 is 2.74 bits per heavy atom. The van der Waals surface area contributed by atoms with Gasteiger partial charge in [-0.3, -0.25) is 9.48 Å². The second-order valence-electron chi connectivity index (χ2n) is 5.66. The molecule has 0 unspecified atom stereocenters. The highest BCUT2D eigenvalue weighted by molar-refractivity contribution is 6.06. The summed E-state index contributed by atoms with van der Waals surface area (Å²) in [6.45, 7) is 1.81. The van der Waals surface area contributed by atoms with Crippen molar-refractivity contribution in [2.24, 2.45) is 5.73 Å². The fourth-order valence-corrected chi connectivity index (χ4v) is 2.78. The van der Waals surface area contributed by atoms with Crippen molar-refractivity contribution >= 4 is 16.8 Å². The first kappa shape index (κ1) is 18.3. The number of aromatic nitrogens is 2. The molecule has 1 aromatic heterocycles. The molecule has 3 aromatic rings. The van der Waals surface area contributed by atoms with Gasteiger partial charge in [-0.1, -0.05) is 18.1 Å². The molecular formula is C19H14F3N3O2. The molecule has 0 atom stereocenters. The van der Waals surface area contributed by atoms with Crippen LogP contribution in [0.2, 0.25) is 0 Å². The molecule has 0 radical (unpaired) electrons. The fraction of sp³-hybridized carbons (Fsp3) is 0.158. The van der Waals surface area contributed by atoms with Gasteiger partial charge in [-0.25, -0.2) is 0 Å². The van der Waals surface area contributed by atoms with Crippen molar-refractivity contribution < 1.29 is 22.7 Å². The number of nitrogens with two attached hydrogens (primary N) is 1. The minimum absolute atomic E-state index is 0.127. The quantitative estimate of drug-likeness (QED) is 0.712. The fourth-order valence-electron chi connectivity index (χ4n) is 2.78. The summed E-state index contributed by atoms with van der Waals surface area (Å²) in [5.41, 5.74) is 7.39. The number of primary amides is 1. The van der Waals surface area contributed by atoms with E-state index in [2.05, 4.69) is 21.7 Å². The van der Waals surface area contributed by atoms with Crippen molar-refractivity contribution in [2.75, 3.05) is 0 Å². The van der Waals surface area contributed by atoms with Crippen molar-refractivity contribution in [3.8, 4) is 17.6 Å². The minimum Gasteiger partial charge on any atom is -0.406 e. The van der Waals surface area contributed by atoms with E-state index in [0.29, 0.717) is 22.0 Å². The molecule has 0 saturated heterocycles. The Hall–Kier alpha value is -3.47. The predicted molar refractivity (Wildman–Crippen MR) is 93.0 cm³/mol. The number of hydrogen-bond acceptors (Lipinski definition) is 3. The molecule has 0 aliphatic carbocycles. The van der Waals surface area contributed by atoms with Gasteiger partial charge >= 0.3 is 6.36 Å². The molecule has 0 saturated carbocycles. The molecule has 0 aliphatic rings. The molecule has 5 nitrogen and oxygen atoms in total. The Morgan fingerprint density at radius 2 is 2.07 bits per heavy atom. The van der Waals surface area contributed by atoms with E-state index in [1.54, 1.807) is 31.3 Å². The molecular weight excluding hydrogens is 359 g/mol. The Labute approximate surface area is 152 Å². The van der Waals surface area contributed by atoms with Gasteiger partial charge in [0.25, 0.3) is 5.91 Å². The van der Waals surface area contributed by atoms with Crippen molar-refractivity contribution in [3.63, 3.8) is 0 Å². The SMILES string of the molecule is CC#Cc1ccc(C(N)=O)c2c1cnn2Cc1cccc(OC(F)(F)F)c1. The average molecular weight is 373 g/mol. The van der Waals surface area contributed by atoms with Crippen LogP contribution in [0, 0.1) is 11.8 Å². The summed E-state index contributed by atoms with van der Waals surface area (Å²) in [5.74, 6) is 4.75. The molecule has 2 aromatic carbocycles. The lowest BCUT2D eigenvalue weighted by molar-refractivity contribution is -0.274. The van der Waals surface area contributed by atoms with E-state index < -0.39 is 12.3 Å². The van der Waals surface area contributed by atoms with Crippen LogP contribution >= 0.6 is 0 Å². The van der Waals surface area contributed by atoms with E-state index in [4.69, 9.17) is 5.73 Å². The first-order valence-corrected chi connectivity index (χ1v) is 7.84. The molecule has 8 heteroatoms. The summed E-state index contributed by atoms with van der Waals surface area (Å²) in [4.78, 5) is 11.8. The second kappa shape index (κ2) is 7.03. The van der Waals surface area contributed by atoms with Crippen LogP contribution in [0.5, 0.6) is 5.75 Å². The summed E-state index contributed by atoms with van der Waals surface area (Å²) in [6.07, 6.45) is -3.22. The van der Waals surface area contributed by atoms with Gasteiger partial charge in [0, 0.05) is 10.9 Å². The molecule has 0 bridgehead atoms. The van der Waals surface area contributed by atoms with E-state index in [9.17, 15) is 18.0 Å². The number of carbonyl (C=O) groups is 1. The molecule has 1 heterocycles. The molecule has 138 valence electrons. The van der Waals surface area contributed by atoms with Crippen LogP contribution in [-0.4, -0.2) is 22.1 Å². The third-order valence-corrected chi connectivity index (χ3v) is 3.79. The standard InChI is InChI=1S/C19H14F3N3O2/c1-2-4-13-7-8-15(18(23)26)17-16(13)10-24-25(17)11-12-5-3-6-14(9-12)27-19(20,21)22/h3,5-10H,11H2,1H3,(H2,23,26). The Morgan fingerprint density at radius 1 is 1.30 bits per heavy atom. The van der Waals surface area contributed by atoms with Crippen LogP contribution in [-0.2, 0) is 6.54 Å². The number of halogens is 3. The second-order valence-corrected chi connectivity index (χ2v) is 5.66. The number of alkyl halides is 3. The van der Waals surface area contributed by atoms with Crippen LogP contribution < -0.4 is 10.5 Å². The monoisotopic (exact) mass is 373 g/mol. The largest absolute Gasteiger partial charge is 0.573 e. The van der Waals surface area contributed by atoms with Crippen LogP contribution in [0.25, 0.3) is 10.9 Å². The number of amides is 1. The minimum atomic E-state index is -4.77. The smallest absolute Gasteiger partial charge is 0.406 e. The highest BCUT2D eigenvalue weighted by Gasteiger charge is 2.31. The van der Waals surface area contributed by atoms with Crippen molar-refractivity contribution in [1.82, 2.24) is 9.78 Å². The van der Waals surface area contributed by atoms with Crippen LogP contribution in [0.4, 0.5) is 13.2 Å². The summed E-state index contributed by atoms with van der Waals surface area (Å²) < 4.78 is 42.7. The molecule has 1 amide bonds. The molecule has 0 spiro atoms. The molecule has 27 heavy (non-hydrogen) atoms. The summed E-state index contributed by atoms with van der Waals surface area (Å²) in [6, 6.07) is 8.80. The topological polar surface area (TPSA) is 70.1 Å². The Balaban J connectivity index is 2.05. The Bertz CT molecular complexity index is 1080. The lowest BCUT2D eigenvalue weighted by Gasteiger charge is -2.11. The number of rotatable bonds is 4. The molecule has 0 fully saturated rings. The van der Waals surface area contributed by atoms with Gasteiger partial charge in [0.05, 0.1) is 23.8 Å². The van der Waals surface area contributed by atoms with Crippen LogP contribution in [0.1, 0.15) is 28.4 Å². The first-order chi connectivity index (χ1) is 12.8. The van der Waals surface area contributed by atoms with Gasteiger partial charge in [-0.15, -0.1) is 19.1 Å². The van der Waals surface area contributed by atoms with Crippen molar-refractivity contribution in [3.05, 3.63) is 59.3 Å². The number of benzene rings is 2. The maximum atomic E-state index is 12.4. The van der Waals surface area contributed by atoms with E-state index in [0.717, 1.165) is 0 Å². The first-order valence-electron chi connectivity index (χ1n) is 7.84. The third-order valence-electron chi connectivity index (χ3n) is 3.79. The van der Waals surface area contributed by atoms with Crippen molar-refractivity contribution in [1.29, 1.82) is 0 Å². The van der Waals surface area contributed by atoms with Crippen molar-refractivity contribution in [2.45, 2.75) is 19.8 Å². The summed E-state index contributed by atoms with van der Waals surface area (Å²) in [7, 11) is 0. The lowest BCUT2D eigenvalue weighted by Crippen LogP contribution is -2.17. The Kier molecular flexibility index (Phi) is 4.77. The third kappa shape index (κ3) is 4.03. The van der Waals surface area contributed by atoms with Gasteiger partial charge in [0.2, 0.25) is 0 Å². The number of ether oxygens (including phenoxy) is 1. The number of nitrogens with zero attached hydrogens (tertiary/aromatic N) is 2. The summed E-state index contributed by atoms with van der Waals surface area (Å²) >= 11 is 0. The molecule has 2 N–H and O–H groups in total. The van der Waals surface area contributed by atoms with Gasteiger partial charge in [-0.05, 0) is 36.8 Å². The normalized spacial score (nSPS) is 11.1. The van der Waals surface area contributed by atoms with Crippen LogP contribution in [0.15, 0.2) is 42.6 Å². The average Bonchev–Trinajstić information content (AvgIpc) is 2.98. The van der Waals surface area contributed by atoms with Gasteiger partial charge in [0.1, 0.15) is 5.75 Å². The van der Waals surface area contributed by atoms with E-state index >= 15 is 0 Å². The van der Waals surface area contributed by atoms with E-state index in [1.807, 2.05) is 0 Å². The zero-order chi connectivity index (χ0) is 19.6. The lowest BCUT2D eigenvalue weighted by atomic mass is 10.1. The number of carbonyl (C=O) groups excluding carboxylic acids is 1. The maximum absolute atomic E-state index is 12.4. The van der Waals surface area contributed by atoms with Gasteiger partial charge in [-0.2, -0.15) is 5.10 Å².